The maximum Gasteiger partial charge on any atom is 0.296 e. The van der Waals surface area contributed by atoms with Gasteiger partial charge < -0.3 is 5.11 Å². The Kier molecular flexibility index (Phi) is 5.25. The molecule has 1 aliphatic heterocycles. The molecule has 0 saturated carbocycles. The first-order valence-corrected chi connectivity index (χ1v) is 11.1. The zero-order chi connectivity index (χ0) is 21.6. The molecule has 154 valence electrons. The maximum atomic E-state index is 13.5. The Morgan fingerprint density at radius 3 is 2.33 bits per heavy atom. The number of hydrogen-bond donors (Lipinski definition) is 1. The van der Waals surface area contributed by atoms with Crippen molar-refractivity contribution in [3.8, 4) is 0 Å². The molecule has 0 aliphatic carbocycles. The summed E-state index contributed by atoms with van der Waals surface area (Å²) in [6.07, 6.45) is 0.870. The fourth-order valence-electron chi connectivity index (χ4n) is 3.53. The van der Waals surface area contributed by atoms with E-state index in [9.17, 15) is 14.7 Å². The Bertz CT molecular complexity index is 1180. The third kappa shape index (κ3) is 3.33. The fourth-order valence-corrected chi connectivity index (χ4v) is 5.12. The predicted octanol–water partition coefficient (Wildman–Crippen LogP) is 4.27. The van der Waals surface area contributed by atoms with Gasteiger partial charge in [0, 0.05) is 0 Å². The highest BCUT2D eigenvalue weighted by Gasteiger charge is 2.46. The van der Waals surface area contributed by atoms with Gasteiger partial charge in [-0.1, -0.05) is 42.5 Å². The fraction of sp³-hybridized carbons (Fsp3) is 0.286. The van der Waals surface area contributed by atoms with Crippen LogP contribution >= 0.6 is 22.7 Å². The number of amides is 1. The van der Waals surface area contributed by atoms with Crippen LogP contribution in [0.15, 0.2) is 35.6 Å². The van der Waals surface area contributed by atoms with Crippen molar-refractivity contribution < 1.29 is 14.7 Å². The van der Waals surface area contributed by atoms with Crippen LogP contribution in [0, 0.1) is 20.8 Å². The smallest absolute Gasteiger partial charge is 0.296 e. The highest BCUT2D eigenvalue weighted by Crippen LogP contribution is 2.43. The number of carbonyl (C=O) groups excluding carboxylic acids is 2. The third-order valence-electron chi connectivity index (χ3n) is 4.99. The summed E-state index contributed by atoms with van der Waals surface area (Å²) in [5.74, 6) is -1.60. The number of aromatic nitrogens is 3. The van der Waals surface area contributed by atoms with E-state index in [2.05, 4.69) is 22.1 Å². The van der Waals surface area contributed by atoms with Crippen LogP contribution in [0.2, 0.25) is 0 Å². The van der Waals surface area contributed by atoms with Crippen molar-refractivity contribution in [3.05, 3.63) is 67.3 Å². The normalized spacial score (nSPS) is 16.6. The van der Waals surface area contributed by atoms with Gasteiger partial charge in [0.2, 0.25) is 10.9 Å². The number of thiazole rings is 1. The molecule has 0 fully saturated rings. The monoisotopic (exact) mass is 440 g/mol. The molecule has 1 unspecified atom stereocenters. The largest absolute Gasteiger partial charge is 0.503 e. The Labute approximate surface area is 181 Å². The van der Waals surface area contributed by atoms with E-state index in [0.29, 0.717) is 20.7 Å². The van der Waals surface area contributed by atoms with Gasteiger partial charge in [-0.05, 0) is 38.3 Å². The average molecular weight is 441 g/mol. The molecule has 1 aliphatic rings. The first kappa shape index (κ1) is 20.4. The lowest BCUT2D eigenvalue weighted by atomic mass is 9.94. The quantitative estimate of drug-likeness (QED) is 0.596. The molecule has 3 heterocycles. The maximum absolute atomic E-state index is 13.5. The minimum Gasteiger partial charge on any atom is -0.503 e. The van der Waals surface area contributed by atoms with E-state index in [1.807, 2.05) is 31.2 Å². The van der Waals surface area contributed by atoms with Gasteiger partial charge in [-0.25, -0.2) is 4.98 Å². The number of Topliss-reactive ketones (excluding diaryl/α,β-unsaturated/α-hetero) is 1. The molecule has 3 aromatic rings. The van der Waals surface area contributed by atoms with Crippen molar-refractivity contribution in [2.24, 2.45) is 0 Å². The predicted molar refractivity (Wildman–Crippen MR) is 116 cm³/mol. The molecule has 0 spiro atoms. The lowest BCUT2D eigenvalue weighted by Gasteiger charge is -2.24. The van der Waals surface area contributed by atoms with Gasteiger partial charge in [0.15, 0.2) is 5.76 Å². The lowest BCUT2D eigenvalue weighted by molar-refractivity contribution is -0.117. The number of ketones is 1. The van der Waals surface area contributed by atoms with Crippen LogP contribution in [-0.2, 0) is 11.2 Å². The minimum atomic E-state index is -0.787. The standard InChI is InChI=1S/C21H20N4O3S2/c1-5-13-6-8-14(9-7-13)16-15(17(26)19-10(2)22-11(3)29-19)18(27)20(28)25(16)21-24-23-12(4)30-21/h6-9,16,27H,5H2,1-4H3. The van der Waals surface area contributed by atoms with Crippen molar-refractivity contribution in [1.29, 1.82) is 0 Å². The minimum absolute atomic E-state index is 0.0452. The molecule has 0 bridgehead atoms. The summed E-state index contributed by atoms with van der Waals surface area (Å²) >= 11 is 2.49. The van der Waals surface area contributed by atoms with Crippen molar-refractivity contribution in [1.82, 2.24) is 15.2 Å². The molecule has 1 amide bonds. The van der Waals surface area contributed by atoms with Crippen molar-refractivity contribution >= 4 is 39.5 Å². The number of hydrogen-bond acceptors (Lipinski definition) is 8. The van der Waals surface area contributed by atoms with Crippen LogP contribution < -0.4 is 4.90 Å². The van der Waals surface area contributed by atoms with Gasteiger partial charge in [0.25, 0.3) is 5.91 Å². The number of carbonyl (C=O) groups is 2. The van der Waals surface area contributed by atoms with E-state index in [0.717, 1.165) is 22.6 Å². The summed E-state index contributed by atoms with van der Waals surface area (Å²) in [4.78, 5) is 32.6. The zero-order valence-electron chi connectivity index (χ0n) is 17.0. The summed E-state index contributed by atoms with van der Waals surface area (Å²) in [7, 11) is 0. The number of benzene rings is 1. The molecule has 2 aromatic heterocycles. The second-order valence-electron chi connectivity index (χ2n) is 7.02. The molecular weight excluding hydrogens is 420 g/mol. The molecule has 7 nitrogen and oxygen atoms in total. The topological polar surface area (TPSA) is 96.3 Å². The molecular formula is C21H20N4O3S2. The molecule has 0 saturated heterocycles. The average Bonchev–Trinajstić information content (AvgIpc) is 3.37. The van der Waals surface area contributed by atoms with E-state index >= 15 is 0 Å². The van der Waals surface area contributed by atoms with Gasteiger partial charge in [0.05, 0.1) is 27.2 Å². The van der Waals surface area contributed by atoms with Crippen molar-refractivity contribution in [2.45, 2.75) is 40.2 Å². The summed E-state index contributed by atoms with van der Waals surface area (Å²) in [6.45, 7) is 7.41. The molecule has 0 radical (unpaired) electrons. The molecule has 1 N–H and O–H groups in total. The first-order chi connectivity index (χ1) is 14.3. The Hall–Kier alpha value is -2.91. The third-order valence-corrected chi connectivity index (χ3v) is 6.90. The highest BCUT2D eigenvalue weighted by molar-refractivity contribution is 7.15. The van der Waals surface area contributed by atoms with Crippen LogP contribution in [0.1, 0.15) is 49.5 Å². The molecule has 30 heavy (non-hydrogen) atoms. The van der Waals surface area contributed by atoms with Crippen LogP contribution in [-0.4, -0.2) is 32.0 Å². The second-order valence-corrected chi connectivity index (χ2v) is 9.38. The summed E-state index contributed by atoms with van der Waals surface area (Å²) in [5.41, 5.74) is 2.49. The number of aliphatic hydroxyl groups excluding tert-OH is 1. The highest BCUT2D eigenvalue weighted by atomic mass is 32.1. The number of rotatable bonds is 5. The van der Waals surface area contributed by atoms with E-state index < -0.39 is 23.5 Å². The summed E-state index contributed by atoms with van der Waals surface area (Å²) < 4.78 is 0. The Morgan fingerprint density at radius 2 is 1.80 bits per heavy atom. The lowest BCUT2D eigenvalue weighted by Crippen LogP contribution is -2.31. The van der Waals surface area contributed by atoms with Crippen LogP contribution in [0.3, 0.4) is 0 Å². The molecule has 9 heteroatoms. The van der Waals surface area contributed by atoms with E-state index in [4.69, 9.17) is 0 Å². The number of nitrogens with zero attached hydrogens (tertiary/aromatic N) is 4. The van der Waals surface area contributed by atoms with Crippen LogP contribution in [0.4, 0.5) is 5.13 Å². The molecule has 1 aromatic carbocycles. The summed E-state index contributed by atoms with van der Waals surface area (Å²) in [6, 6.07) is 6.90. The van der Waals surface area contributed by atoms with Crippen LogP contribution in [0.5, 0.6) is 0 Å². The van der Waals surface area contributed by atoms with Crippen LogP contribution in [0.25, 0.3) is 0 Å². The SMILES string of the molecule is CCc1ccc(C2C(C(=O)c3sc(C)nc3C)=C(O)C(=O)N2c2nnc(C)s2)cc1. The van der Waals surface area contributed by atoms with Gasteiger partial charge in [-0.3, -0.25) is 14.5 Å². The Balaban J connectivity index is 1.87. The number of anilines is 1. The van der Waals surface area contributed by atoms with Crippen molar-refractivity contribution in [3.63, 3.8) is 0 Å². The van der Waals surface area contributed by atoms with E-state index in [1.165, 1.54) is 27.6 Å². The summed E-state index contributed by atoms with van der Waals surface area (Å²) in [5, 5.41) is 20.6. The number of aryl methyl sites for hydroxylation is 4. The Morgan fingerprint density at radius 1 is 1.10 bits per heavy atom. The van der Waals surface area contributed by atoms with Gasteiger partial charge in [-0.2, -0.15) is 0 Å². The van der Waals surface area contributed by atoms with E-state index in [-0.39, 0.29) is 5.57 Å². The van der Waals surface area contributed by atoms with Gasteiger partial charge in [-0.15, -0.1) is 21.5 Å². The van der Waals surface area contributed by atoms with E-state index in [1.54, 1.807) is 13.8 Å². The van der Waals surface area contributed by atoms with Gasteiger partial charge in [0.1, 0.15) is 5.01 Å². The second kappa shape index (κ2) is 7.73. The number of aliphatic hydroxyl groups is 1. The molecule has 4 rings (SSSR count). The molecule has 1 atom stereocenters. The van der Waals surface area contributed by atoms with Gasteiger partial charge >= 0.3 is 0 Å². The van der Waals surface area contributed by atoms with Crippen molar-refractivity contribution in [2.75, 3.05) is 4.90 Å². The first-order valence-electron chi connectivity index (χ1n) is 9.46. The zero-order valence-corrected chi connectivity index (χ0v) is 18.6.